The van der Waals surface area contributed by atoms with Gasteiger partial charge in [-0.3, -0.25) is 4.79 Å². The van der Waals surface area contributed by atoms with E-state index in [2.05, 4.69) is 32.2 Å². The molecule has 5 nitrogen and oxygen atoms in total. The number of nitrogens with zero attached hydrogens (tertiary/aromatic N) is 1. The number of esters is 1. The molecule has 0 aliphatic rings. The highest BCUT2D eigenvalue weighted by Crippen LogP contribution is 2.46. The Balaban J connectivity index is 3.57. The fourth-order valence-electron chi connectivity index (χ4n) is 4.37. The van der Waals surface area contributed by atoms with Crippen LogP contribution in [0, 0.1) is 0 Å². The molecule has 0 aromatic rings. The van der Waals surface area contributed by atoms with Crippen molar-refractivity contribution in [2.24, 2.45) is 5.73 Å². The van der Waals surface area contributed by atoms with E-state index in [1.165, 1.54) is 83.5 Å². The summed E-state index contributed by atoms with van der Waals surface area (Å²) in [5.41, 5.74) is 6.20. The van der Waals surface area contributed by atoms with Crippen LogP contribution in [-0.4, -0.2) is 69.9 Å². The number of carbonyl (C=O) groups is 1. The van der Waals surface area contributed by atoms with Crippen molar-refractivity contribution in [1.82, 2.24) is 4.90 Å². The van der Waals surface area contributed by atoms with Crippen molar-refractivity contribution in [1.29, 1.82) is 0 Å². The molecular weight excluding hydrogens is 455 g/mol. The minimum Gasteiger partial charge on any atom is -0.464 e. The third-order valence-corrected chi connectivity index (χ3v) is 9.89. The SMILES string of the molecule is C=P(CCCN(C)C)(CCC(N)COC(=O)CCCCCCCCCCCCCCCCC)OC. The predicted molar refractivity (Wildman–Crippen MR) is 157 cm³/mol. The van der Waals surface area contributed by atoms with E-state index in [0.29, 0.717) is 13.0 Å². The second-order valence-electron chi connectivity index (χ2n) is 10.8. The second-order valence-corrected chi connectivity index (χ2v) is 14.2. The lowest BCUT2D eigenvalue weighted by atomic mass is 10.0. The number of unbranched alkanes of at least 4 members (excludes halogenated alkanes) is 14. The number of nitrogens with two attached hydrogens (primary N) is 1. The van der Waals surface area contributed by atoms with Gasteiger partial charge in [0.05, 0.1) is 0 Å². The molecule has 2 atom stereocenters. The number of ether oxygens (including phenoxy) is 1. The average Bonchev–Trinajstić information content (AvgIpc) is 2.83. The normalized spacial score (nSPS) is 14.2. The van der Waals surface area contributed by atoms with Gasteiger partial charge < -0.3 is 19.9 Å². The first-order valence-electron chi connectivity index (χ1n) is 14.7. The second kappa shape index (κ2) is 24.0. The van der Waals surface area contributed by atoms with Crippen molar-refractivity contribution in [3.8, 4) is 0 Å². The van der Waals surface area contributed by atoms with E-state index in [9.17, 15) is 4.79 Å². The molecule has 0 fully saturated rings. The van der Waals surface area contributed by atoms with Gasteiger partial charge in [-0.2, -0.15) is 0 Å². The maximum atomic E-state index is 12.0. The van der Waals surface area contributed by atoms with Crippen LogP contribution in [0.25, 0.3) is 0 Å². The van der Waals surface area contributed by atoms with E-state index in [4.69, 9.17) is 15.0 Å². The van der Waals surface area contributed by atoms with Gasteiger partial charge in [-0.05, 0) is 52.2 Å². The molecular formula is C29H61N2O3P. The Labute approximate surface area is 219 Å². The third-order valence-electron chi connectivity index (χ3n) is 6.91. The minimum absolute atomic E-state index is 0.108. The van der Waals surface area contributed by atoms with Gasteiger partial charge in [-0.25, -0.2) is 0 Å². The minimum atomic E-state index is -1.65. The van der Waals surface area contributed by atoms with E-state index in [0.717, 1.165) is 44.6 Å². The molecule has 0 radical (unpaired) electrons. The van der Waals surface area contributed by atoms with Gasteiger partial charge in [0.1, 0.15) is 6.61 Å². The molecule has 0 amide bonds. The molecule has 0 aromatic carbocycles. The van der Waals surface area contributed by atoms with Gasteiger partial charge in [-0.15, -0.1) is 0 Å². The highest BCUT2D eigenvalue weighted by molar-refractivity contribution is 7.69. The molecule has 0 aliphatic carbocycles. The fraction of sp³-hybridized carbons (Fsp3) is 0.931. The Kier molecular flexibility index (Phi) is 23.8. The van der Waals surface area contributed by atoms with E-state index < -0.39 is 7.11 Å². The smallest absolute Gasteiger partial charge is 0.305 e. The lowest BCUT2D eigenvalue weighted by Crippen LogP contribution is -2.29. The van der Waals surface area contributed by atoms with Crippen LogP contribution in [0.3, 0.4) is 0 Å². The summed E-state index contributed by atoms with van der Waals surface area (Å²) in [4.78, 5) is 14.2. The first kappa shape index (κ1) is 34.6. The Hall–Kier alpha value is -0.350. The third kappa shape index (κ3) is 23.8. The highest BCUT2D eigenvalue weighted by atomic mass is 31.2. The molecule has 0 saturated heterocycles. The zero-order valence-corrected chi connectivity index (χ0v) is 24.9. The van der Waals surface area contributed by atoms with E-state index in [-0.39, 0.29) is 12.0 Å². The molecule has 0 saturated carbocycles. The lowest BCUT2D eigenvalue weighted by molar-refractivity contribution is -0.144. The molecule has 0 heterocycles. The van der Waals surface area contributed by atoms with E-state index >= 15 is 0 Å². The summed E-state index contributed by atoms with van der Waals surface area (Å²) in [6, 6.07) is -0.134. The van der Waals surface area contributed by atoms with Crippen LogP contribution < -0.4 is 5.73 Å². The zero-order valence-electron chi connectivity index (χ0n) is 24.0. The van der Waals surface area contributed by atoms with Crippen LogP contribution in [0.2, 0.25) is 0 Å². The van der Waals surface area contributed by atoms with Gasteiger partial charge in [0.25, 0.3) is 0 Å². The Morgan fingerprint density at radius 2 is 1.31 bits per heavy atom. The van der Waals surface area contributed by atoms with E-state index in [1.807, 2.05) is 0 Å². The first-order chi connectivity index (χ1) is 16.8. The molecule has 0 aliphatic heterocycles. The van der Waals surface area contributed by atoms with Crippen LogP contribution in [0.4, 0.5) is 0 Å². The molecule has 0 rings (SSSR count). The van der Waals surface area contributed by atoms with E-state index in [1.54, 1.807) is 7.11 Å². The Bertz CT molecular complexity index is 528. The maximum Gasteiger partial charge on any atom is 0.305 e. The number of carbonyl (C=O) groups excluding carboxylic acids is 1. The van der Waals surface area contributed by atoms with Crippen molar-refractivity contribution in [2.45, 2.75) is 129 Å². The van der Waals surface area contributed by atoms with Crippen LogP contribution in [0.15, 0.2) is 0 Å². The summed E-state index contributed by atoms with van der Waals surface area (Å²) in [5.74, 6) is -0.108. The molecule has 35 heavy (non-hydrogen) atoms. The number of hydrogen-bond donors (Lipinski definition) is 1. The van der Waals surface area contributed by atoms with Crippen molar-refractivity contribution in [3.05, 3.63) is 0 Å². The molecule has 2 unspecified atom stereocenters. The summed E-state index contributed by atoms with van der Waals surface area (Å²) in [5, 5.41) is 0. The largest absolute Gasteiger partial charge is 0.464 e. The molecule has 0 bridgehead atoms. The van der Waals surface area contributed by atoms with Crippen LogP contribution in [0.1, 0.15) is 122 Å². The lowest BCUT2D eigenvalue weighted by Gasteiger charge is -2.25. The van der Waals surface area contributed by atoms with Crippen molar-refractivity contribution in [3.63, 3.8) is 0 Å². The van der Waals surface area contributed by atoms with Gasteiger partial charge in [-0.1, -0.05) is 103 Å². The summed E-state index contributed by atoms with van der Waals surface area (Å²) >= 11 is 0. The number of rotatable bonds is 26. The Morgan fingerprint density at radius 1 is 0.829 bits per heavy atom. The van der Waals surface area contributed by atoms with Gasteiger partial charge >= 0.3 is 5.97 Å². The maximum absolute atomic E-state index is 12.0. The van der Waals surface area contributed by atoms with Crippen molar-refractivity contribution in [2.75, 3.05) is 46.7 Å². The molecule has 2 N–H and O–H groups in total. The van der Waals surface area contributed by atoms with Crippen molar-refractivity contribution >= 4 is 19.4 Å². The fourth-order valence-corrected chi connectivity index (χ4v) is 6.48. The first-order valence-corrected chi connectivity index (χ1v) is 16.9. The molecule has 0 aromatic heterocycles. The van der Waals surface area contributed by atoms with Gasteiger partial charge in [0.15, 0.2) is 0 Å². The summed E-state index contributed by atoms with van der Waals surface area (Å²) < 4.78 is 11.2. The summed E-state index contributed by atoms with van der Waals surface area (Å²) in [6.07, 6.45) is 28.6. The Morgan fingerprint density at radius 3 is 1.77 bits per heavy atom. The topological polar surface area (TPSA) is 64.8 Å². The number of hydrogen-bond acceptors (Lipinski definition) is 5. The van der Waals surface area contributed by atoms with Crippen LogP contribution in [-0.2, 0) is 14.1 Å². The van der Waals surface area contributed by atoms with Crippen LogP contribution >= 0.6 is 7.11 Å². The van der Waals surface area contributed by atoms with Crippen LogP contribution in [0.5, 0.6) is 0 Å². The molecule has 210 valence electrons. The van der Waals surface area contributed by atoms with Gasteiger partial charge in [0, 0.05) is 26.7 Å². The highest BCUT2D eigenvalue weighted by Gasteiger charge is 2.16. The standard InChI is InChI=1S/C29H61N2O3P/c1-6-7-8-9-10-11-12-13-14-15-16-17-18-19-20-22-29(32)34-27-28(30)23-26-35(5,33-4)25-21-24-31(2)3/h28H,5-27,30H2,1-4H3. The van der Waals surface area contributed by atoms with Crippen molar-refractivity contribution < 1.29 is 14.1 Å². The monoisotopic (exact) mass is 516 g/mol. The average molecular weight is 517 g/mol. The molecule has 6 heteroatoms. The summed E-state index contributed by atoms with van der Waals surface area (Å²) in [6.45, 7) is 3.63. The zero-order chi connectivity index (χ0) is 26.2. The predicted octanol–water partition coefficient (Wildman–Crippen LogP) is 7.47. The summed E-state index contributed by atoms with van der Waals surface area (Å²) in [7, 11) is 4.28. The molecule has 0 spiro atoms. The quantitative estimate of drug-likeness (QED) is 0.0734. The van der Waals surface area contributed by atoms with Gasteiger partial charge in [0.2, 0.25) is 0 Å².